The lowest BCUT2D eigenvalue weighted by molar-refractivity contribution is 0.724. The van der Waals surface area contributed by atoms with E-state index in [9.17, 15) is 0 Å². The van der Waals surface area contributed by atoms with Crippen LogP contribution in [0.25, 0.3) is 27.8 Å². The van der Waals surface area contributed by atoms with Gasteiger partial charge in [0, 0.05) is 17.0 Å². The third kappa shape index (κ3) is 3.39. The Balaban J connectivity index is 1.81. The Hall–Kier alpha value is -3.26. The fraction of sp³-hybridized carbons (Fsp3) is 0.158. The minimum atomic E-state index is 0.239. The first-order valence-electron chi connectivity index (χ1n) is 8.65. The topological polar surface area (TPSA) is 79.2 Å². The van der Waals surface area contributed by atoms with Crippen molar-refractivity contribution in [3.05, 3.63) is 54.6 Å². The molecule has 0 atom stereocenters. The monoisotopic (exact) mass is 377 g/mol. The molecule has 0 aliphatic rings. The first-order chi connectivity index (χ1) is 13.1. The molecule has 8 heteroatoms. The summed E-state index contributed by atoms with van der Waals surface area (Å²) in [6.45, 7) is 4.05. The van der Waals surface area contributed by atoms with Crippen LogP contribution in [0.1, 0.15) is 13.8 Å². The second-order valence-corrected chi connectivity index (χ2v) is 6.80. The van der Waals surface area contributed by atoms with Crippen LogP contribution in [0.15, 0.2) is 54.6 Å². The highest BCUT2D eigenvalue weighted by atomic mass is 32.1. The number of anilines is 1. The van der Waals surface area contributed by atoms with Crippen molar-refractivity contribution in [1.29, 1.82) is 0 Å². The van der Waals surface area contributed by atoms with Crippen molar-refractivity contribution < 1.29 is 0 Å². The smallest absolute Gasteiger partial charge is 0.186 e. The molecule has 2 heterocycles. The summed E-state index contributed by atoms with van der Waals surface area (Å²) >= 11 is 5.29. The predicted octanol–water partition coefficient (Wildman–Crippen LogP) is 3.14. The summed E-state index contributed by atoms with van der Waals surface area (Å²) in [4.78, 5) is 4.77. The number of nitrogens with zero attached hydrogens (tertiary/aromatic N) is 4. The van der Waals surface area contributed by atoms with Crippen molar-refractivity contribution >= 4 is 39.7 Å². The SMILES string of the molecule is CC(C)NC(=S)NNc1nc2c(-c3ccccc3)nnn2c2ccccc12. The molecule has 0 unspecified atom stereocenters. The fourth-order valence-corrected chi connectivity index (χ4v) is 3.14. The zero-order valence-corrected chi connectivity index (χ0v) is 15.8. The Bertz CT molecular complexity index is 1110. The van der Waals surface area contributed by atoms with Crippen LogP contribution in [-0.4, -0.2) is 31.0 Å². The van der Waals surface area contributed by atoms with Gasteiger partial charge in [0.15, 0.2) is 16.6 Å². The Morgan fingerprint density at radius 3 is 2.56 bits per heavy atom. The average molecular weight is 377 g/mol. The molecule has 27 heavy (non-hydrogen) atoms. The standard InChI is InChI=1S/C19H19N7S/c1-12(2)20-19(27)24-23-17-14-10-6-7-11-15(14)26-18(21-17)16(22-25-26)13-8-4-3-5-9-13/h3-12H,1-2H3,(H,21,23)(H2,20,24,27). The van der Waals surface area contributed by atoms with Gasteiger partial charge in [-0.05, 0) is 38.2 Å². The molecule has 3 N–H and O–H groups in total. The molecule has 0 aliphatic carbocycles. The quantitative estimate of drug-likeness (QED) is 0.372. The van der Waals surface area contributed by atoms with Crippen LogP contribution >= 0.6 is 12.2 Å². The minimum Gasteiger partial charge on any atom is -0.359 e. The van der Waals surface area contributed by atoms with E-state index in [0.29, 0.717) is 16.6 Å². The number of hydrogen-bond donors (Lipinski definition) is 3. The van der Waals surface area contributed by atoms with Crippen LogP contribution in [0, 0.1) is 0 Å². The summed E-state index contributed by atoms with van der Waals surface area (Å²) in [6.07, 6.45) is 0. The molecule has 136 valence electrons. The molecule has 4 rings (SSSR count). The molecule has 2 aromatic carbocycles. The predicted molar refractivity (Wildman–Crippen MR) is 111 cm³/mol. The summed E-state index contributed by atoms with van der Waals surface area (Å²) in [5, 5.41) is 13.2. The average Bonchev–Trinajstić information content (AvgIpc) is 3.10. The van der Waals surface area contributed by atoms with Gasteiger partial charge in [0.1, 0.15) is 5.69 Å². The van der Waals surface area contributed by atoms with Crippen LogP contribution in [0.4, 0.5) is 5.82 Å². The van der Waals surface area contributed by atoms with Gasteiger partial charge < -0.3 is 5.32 Å². The van der Waals surface area contributed by atoms with E-state index in [1.807, 2.05) is 68.4 Å². The van der Waals surface area contributed by atoms with Crippen molar-refractivity contribution in [2.75, 3.05) is 5.43 Å². The Labute approximate surface area is 161 Å². The van der Waals surface area contributed by atoms with Crippen LogP contribution < -0.4 is 16.2 Å². The Morgan fingerprint density at radius 1 is 1.04 bits per heavy atom. The largest absolute Gasteiger partial charge is 0.359 e. The normalized spacial score (nSPS) is 11.1. The lowest BCUT2D eigenvalue weighted by Crippen LogP contribution is -2.42. The fourth-order valence-electron chi connectivity index (χ4n) is 2.86. The first-order valence-corrected chi connectivity index (χ1v) is 9.06. The third-order valence-corrected chi connectivity index (χ3v) is 4.23. The lowest BCUT2D eigenvalue weighted by Gasteiger charge is -2.15. The number of fused-ring (bicyclic) bond motifs is 3. The summed E-state index contributed by atoms with van der Waals surface area (Å²) in [6, 6.07) is 18.0. The highest BCUT2D eigenvalue weighted by Crippen LogP contribution is 2.27. The van der Waals surface area contributed by atoms with Crippen LogP contribution in [0.2, 0.25) is 0 Å². The highest BCUT2D eigenvalue weighted by Gasteiger charge is 2.15. The van der Waals surface area contributed by atoms with Gasteiger partial charge in [-0.15, -0.1) is 5.10 Å². The van der Waals surface area contributed by atoms with Crippen molar-refractivity contribution in [3.8, 4) is 11.3 Å². The minimum absolute atomic E-state index is 0.239. The van der Waals surface area contributed by atoms with Gasteiger partial charge in [-0.2, -0.15) is 4.52 Å². The molecule has 0 fully saturated rings. The van der Waals surface area contributed by atoms with E-state index in [0.717, 1.165) is 22.2 Å². The Morgan fingerprint density at radius 2 is 1.78 bits per heavy atom. The molecule has 0 spiro atoms. The van der Waals surface area contributed by atoms with E-state index >= 15 is 0 Å². The number of benzene rings is 2. The summed E-state index contributed by atoms with van der Waals surface area (Å²) in [5.74, 6) is 0.658. The zero-order chi connectivity index (χ0) is 18.8. The van der Waals surface area contributed by atoms with E-state index in [1.165, 1.54) is 0 Å². The number of aromatic nitrogens is 4. The molecule has 0 saturated carbocycles. The molecule has 2 aromatic heterocycles. The van der Waals surface area contributed by atoms with Crippen molar-refractivity contribution in [2.45, 2.75) is 19.9 Å². The molecule has 0 bridgehead atoms. The van der Waals surface area contributed by atoms with E-state index in [2.05, 4.69) is 26.5 Å². The van der Waals surface area contributed by atoms with Gasteiger partial charge in [0.2, 0.25) is 0 Å². The van der Waals surface area contributed by atoms with E-state index < -0.39 is 0 Å². The van der Waals surface area contributed by atoms with Crippen molar-refractivity contribution in [2.24, 2.45) is 0 Å². The van der Waals surface area contributed by atoms with E-state index in [4.69, 9.17) is 17.2 Å². The maximum absolute atomic E-state index is 5.29. The van der Waals surface area contributed by atoms with Gasteiger partial charge in [0.25, 0.3) is 0 Å². The number of para-hydroxylation sites is 1. The molecule has 0 radical (unpaired) electrons. The highest BCUT2D eigenvalue weighted by molar-refractivity contribution is 7.80. The molecule has 0 amide bonds. The van der Waals surface area contributed by atoms with Crippen molar-refractivity contribution in [1.82, 2.24) is 30.6 Å². The van der Waals surface area contributed by atoms with Gasteiger partial charge in [-0.25, -0.2) is 4.98 Å². The number of thiocarbonyl (C=S) groups is 1. The second kappa shape index (κ2) is 7.16. The van der Waals surface area contributed by atoms with Crippen molar-refractivity contribution in [3.63, 3.8) is 0 Å². The molecule has 0 saturated heterocycles. The first kappa shape index (κ1) is 17.2. The molecule has 7 nitrogen and oxygen atoms in total. The molecule has 0 aliphatic heterocycles. The van der Waals surface area contributed by atoms with Crippen LogP contribution in [0.5, 0.6) is 0 Å². The summed E-state index contributed by atoms with van der Waals surface area (Å²) in [5.41, 5.74) is 9.39. The summed E-state index contributed by atoms with van der Waals surface area (Å²) < 4.78 is 1.76. The third-order valence-electron chi connectivity index (χ3n) is 4.01. The van der Waals surface area contributed by atoms with Gasteiger partial charge in [0.05, 0.1) is 5.52 Å². The van der Waals surface area contributed by atoms with Gasteiger partial charge in [-0.3, -0.25) is 10.9 Å². The van der Waals surface area contributed by atoms with Crippen LogP contribution in [0.3, 0.4) is 0 Å². The Kier molecular flexibility index (Phi) is 4.55. The van der Waals surface area contributed by atoms with Crippen LogP contribution in [-0.2, 0) is 0 Å². The number of rotatable bonds is 4. The maximum Gasteiger partial charge on any atom is 0.186 e. The summed E-state index contributed by atoms with van der Waals surface area (Å²) in [7, 11) is 0. The molecular weight excluding hydrogens is 358 g/mol. The zero-order valence-electron chi connectivity index (χ0n) is 15.0. The van der Waals surface area contributed by atoms with E-state index in [1.54, 1.807) is 4.52 Å². The number of nitrogens with one attached hydrogen (secondary N) is 3. The van der Waals surface area contributed by atoms with E-state index in [-0.39, 0.29) is 6.04 Å². The number of hydrazine groups is 1. The second-order valence-electron chi connectivity index (χ2n) is 6.40. The molecular formula is C19H19N7S. The number of hydrogen-bond acceptors (Lipinski definition) is 5. The van der Waals surface area contributed by atoms with Gasteiger partial charge in [-0.1, -0.05) is 47.7 Å². The maximum atomic E-state index is 5.29. The lowest BCUT2D eigenvalue weighted by atomic mass is 10.1. The molecule has 4 aromatic rings. The van der Waals surface area contributed by atoms with Gasteiger partial charge >= 0.3 is 0 Å².